The third-order valence-electron chi connectivity index (χ3n) is 4.50. The number of carbonyl (C=O) groups excluding carboxylic acids is 1. The van der Waals surface area contributed by atoms with Crippen molar-refractivity contribution in [3.8, 4) is 0 Å². The number of benzene rings is 3. The second kappa shape index (κ2) is 7.02. The first-order valence-electron chi connectivity index (χ1n) is 8.29. The van der Waals surface area contributed by atoms with Crippen LogP contribution in [-0.4, -0.2) is 10.8 Å². The predicted molar refractivity (Wildman–Crippen MR) is 106 cm³/mol. The maximum Gasteiger partial charge on any atom is 0.256 e. The second-order valence-corrected chi connectivity index (χ2v) is 7.01. The molecule has 1 atom stereocenters. The van der Waals surface area contributed by atoms with Crippen LogP contribution in [0.15, 0.2) is 72.8 Å². The predicted octanol–water partition coefficient (Wildman–Crippen LogP) is 5.76. The van der Waals surface area contributed by atoms with Crippen molar-refractivity contribution in [1.82, 2.24) is 4.90 Å². The van der Waals surface area contributed by atoms with Crippen LogP contribution in [0.5, 0.6) is 0 Å². The number of amides is 1. The van der Waals surface area contributed by atoms with E-state index in [4.69, 9.17) is 23.2 Å². The summed E-state index contributed by atoms with van der Waals surface area (Å²) in [6.45, 7) is 0.429. The maximum atomic E-state index is 13.0. The molecule has 0 radical (unpaired) electrons. The summed E-state index contributed by atoms with van der Waals surface area (Å²) in [6.07, 6.45) is -0.267. The first kappa shape index (κ1) is 17.0. The molecule has 0 aromatic heterocycles. The van der Waals surface area contributed by atoms with Crippen LogP contribution < -0.4 is 5.32 Å². The van der Waals surface area contributed by atoms with Crippen molar-refractivity contribution in [3.05, 3.63) is 99.5 Å². The van der Waals surface area contributed by atoms with Crippen molar-refractivity contribution in [3.63, 3.8) is 0 Å². The molecule has 3 aromatic rings. The quantitative estimate of drug-likeness (QED) is 0.621. The Kier molecular flexibility index (Phi) is 4.58. The van der Waals surface area contributed by atoms with E-state index in [2.05, 4.69) is 5.32 Å². The lowest BCUT2D eigenvalue weighted by atomic mass is 10.1. The van der Waals surface area contributed by atoms with Crippen molar-refractivity contribution < 1.29 is 4.79 Å². The van der Waals surface area contributed by atoms with Gasteiger partial charge in [0.25, 0.3) is 5.91 Å². The average molecular weight is 383 g/mol. The summed E-state index contributed by atoms with van der Waals surface area (Å²) in [7, 11) is 0. The molecule has 1 unspecified atom stereocenters. The highest BCUT2D eigenvalue weighted by Crippen LogP contribution is 2.36. The zero-order chi connectivity index (χ0) is 18.1. The minimum absolute atomic E-state index is 0.00742. The van der Waals surface area contributed by atoms with E-state index in [-0.39, 0.29) is 12.1 Å². The van der Waals surface area contributed by atoms with E-state index in [1.54, 1.807) is 4.90 Å². The fourth-order valence-electron chi connectivity index (χ4n) is 3.20. The second-order valence-electron chi connectivity index (χ2n) is 6.17. The Morgan fingerprint density at radius 1 is 0.885 bits per heavy atom. The van der Waals surface area contributed by atoms with E-state index in [0.717, 1.165) is 16.8 Å². The van der Waals surface area contributed by atoms with E-state index in [1.807, 2.05) is 72.8 Å². The van der Waals surface area contributed by atoms with Crippen molar-refractivity contribution in [1.29, 1.82) is 0 Å². The van der Waals surface area contributed by atoms with E-state index in [0.29, 0.717) is 22.2 Å². The van der Waals surface area contributed by atoms with Gasteiger partial charge in [0.2, 0.25) is 0 Å². The lowest BCUT2D eigenvalue weighted by Gasteiger charge is -2.27. The summed E-state index contributed by atoms with van der Waals surface area (Å²) >= 11 is 12.3. The molecule has 1 N–H and O–H groups in total. The van der Waals surface area contributed by atoms with Gasteiger partial charge in [-0.2, -0.15) is 0 Å². The van der Waals surface area contributed by atoms with E-state index in [9.17, 15) is 4.79 Å². The van der Waals surface area contributed by atoms with Crippen LogP contribution in [0.3, 0.4) is 0 Å². The van der Waals surface area contributed by atoms with Crippen molar-refractivity contribution in [2.75, 3.05) is 5.32 Å². The standard InChI is InChI=1S/C21H16Cl2N2O/c22-15-9-11-16(12-10-15)24-20-17-6-2-3-7-18(17)21(26)25(20)13-14-5-1-4-8-19(14)23/h1-12,20,24H,13H2. The van der Waals surface area contributed by atoms with Crippen LogP contribution in [0.2, 0.25) is 10.0 Å². The topological polar surface area (TPSA) is 32.3 Å². The van der Waals surface area contributed by atoms with Gasteiger partial charge in [-0.05, 0) is 42.0 Å². The number of nitrogens with one attached hydrogen (secondary N) is 1. The Balaban J connectivity index is 1.70. The minimum atomic E-state index is -0.267. The van der Waals surface area contributed by atoms with Crippen LogP contribution in [-0.2, 0) is 6.54 Å². The zero-order valence-corrected chi connectivity index (χ0v) is 15.3. The van der Waals surface area contributed by atoms with Gasteiger partial charge in [0.05, 0.1) is 0 Å². The maximum absolute atomic E-state index is 13.0. The number of hydrogen-bond acceptors (Lipinski definition) is 2. The van der Waals surface area contributed by atoms with Gasteiger partial charge in [-0.15, -0.1) is 0 Å². The van der Waals surface area contributed by atoms with Crippen LogP contribution in [0.25, 0.3) is 0 Å². The monoisotopic (exact) mass is 382 g/mol. The van der Waals surface area contributed by atoms with E-state index >= 15 is 0 Å². The zero-order valence-electron chi connectivity index (χ0n) is 13.8. The normalized spacial score (nSPS) is 15.8. The fraction of sp³-hybridized carbons (Fsp3) is 0.0952. The molecule has 0 saturated carbocycles. The van der Waals surface area contributed by atoms with Gasteiger partial charge in [0.15, 0.2) is 0 Å². The van der Waals surface area contributed by atoms with Gasteiger partial charge in [0, 0.05) is 33.4 Å². The molecule has 3 aromatic carbocycles. The molecule has 1 heterocycles. The van der Waals surface area contributed by atoms with Gasteiger partial charge >= 0.3 is 0 Å². The first-order chi connectivity index (χ1) is 12.6. The molecule has 3 nitrogen and oxygen atoms in total. The highest BCUT2D eigenvalue weighted by Gasteiger charge is 2.36. The summed E-state index contributed by atoms with van der Waals surface area (Å²) in [5.74, 6) is -0.00742. The molecule has 1 aliphatic heterocycles. The largest absolute Gasteiger partial charge is 0.361 e. The van der Waals surface area contributed by atoms with Gasteiger partial charge in [-0.25, -0.2) is 0 Å². The lowest BCUT2D eigenvalue weighted by molar-refractivity contribution is 0.0729. The number of rotatable bonds is 4. The SMILES string of the molecule is O=C1c2ccccc2C(Nc2ccc(Cl)cc2)N1Cc1ccccc1Cl. The number of hydrogen-bond donors (Lipinski definition) is 1. The van der Waals surface area contributed by atoms with Crippen molar-refractivity contribution >= 4 is 34.8 Å². The molecule has 5 heteroatoms. The highest BCUT2D eigenvalue weighted by molar-refractivity contribution is 6.31. The molecule has 0 spiro atoms. The van der Waals surface area contributed by atoms with Crippen LogP contribution in [0.1, 0.15) is 27.7 Å². The molecule has 130 valence electrons. The molecule has 4 rings (SSSR count). The number of carbonyl (C=O) groups is 1. The van der Waals surface area contributed by atoms with E-state index < -0.39 is 0 Å². The molecule has 0 saturated heterocycles. The minimum Gasteiger partial charge on any atom is -0.361 e. The number of fused-ring (bicyclic) bond motifs is 1. The molecule has 1 amide bonds. The smallest absolute Gasteiger partial charge is 0.256 e. The van der Waals surface area contributed by atoms with E-state index in [1.165, 1.54) is 0 Å². The number of anilines is 1. The summed E-state index contributed by atoms with van der Waals surface area (Å²) in [6, 6.07) is 22.7. The molecule has 0 fully saturated rings. The molecule has 26 heavy (non-hydrogen) atoms. The third kappa shape index (κ3) is 3.16. The Morgan fingerprint density at radius 3 is 2.35 bits per heavy atom. The summed E-state index contributed by atoms with van der Waals surface area (Å²) in [5, 5.41) is 4.77. The van der Waals surface area contributed by atoms with Gasteiger partial charge in [-0.1, -0.05) is 59.6 Å². The number of halogens is 2. The Labute approximate surface area is 162 Å². The van der Waals surface area contributed by atoms with Crippen molar-refractivity contribution in [2.24, 2.45) is 0 Å². The Morgan fingerprint density at radius 2 is 1.58 bits per heavy atom. The van der Waals surface area contributed by atoms with Crippen LogP contribution >= 0.6 is 23.2 Å². The summed E-state index contributed by atoms with van der Waals surface area (Å²) in [5.41, 5.74) is 3.48. The molecule has 1 aliphatic rings. The third-order valence-corrected chi connectivity index (χ3v) is 5.13. The van der Waals surface area contributed by atoms with Gasteiger partial charge in [-0.3, -0.25) is 4.79 Å². The average Bonchev–Trinajstić information content (AvgIpc) is 2.91. The molecule has 0 bridgehead atoms. The van der Waals surface area contributed by atoms with Crippen LogP contribution in [0.4, 0.5) is 5.69 Å². The molecular weight excluding hydrogens is 367 g/mol. The molecular formula is C21H16Cl2N2O. The fourth-order valence-corrected chi connectivity index (χ4v) is 3.52. The lowest BCUT2D eigenvalue weighted by Crippen LogP contribution is -2.32. The summed E-state index contributed by atoms with van der Waals surface area (Å²) in [4.78, 5) is 14.8. The van der Waals surface area contributed by atoms with Crippen molar-refractivity contribution in [2.45, 2.75) is 12.7 Å². The van der Waals surface area contributed by atoms with Gasteiger partial charge in [0.1, 0.15) is 6.17 Å². The Hall–Kier alpha value is -2.49. The van der Waals surface area contributed by atoms with Crippen LogP contribution in [0, 0.1) is 0 Å². The first-order valence-corrected chi connectivity index (χ1v) is 9.04. The highest BCUT2D eigenvalue weighted by atomic mass is 35.5. The number of nitrogens with zero attached hydrogens (tertiary/aromatic N) is 1. The molecule has 0 aliphatic carbocycles. The Bertz CT molecular complexity index is 956. The van der Waals surface area contributed by atoms with Gasteiger partial charge < -0.3 is 10.2 Å². The summed E-state index contributed by atoms with van der Waals surface area (Å²) < 4.78 is 0.